The summed E-state index contributed by atoms with van der Waals surface area (Å²) >= 11 is 5.44. The van der Waals surface area contributed by atoms with Gasteiger partial charge in [0.25, 0.3) is 0 Å². The van der Waals surface area contributed by atoms with Crippen molar-refractivity contribution in [3.63, 3.8) is 0 Å². The van der Waals surface area contributed by atoms with Crippen LogP contribution in [0.2, 0.25) is 0 Å². The zero-order valence-electron chi connectivity index (χ0n) is 6.47. The lowest BCUT2D eigenvalue weighted by atomic mass is 10.5. The highest BCUT2D eigenvalue weighted by atomic mass is 35.5. The molecule has 64 valence electrons. The van der Waals surface area contributed by atoms with Crippen molar-refractivity contribution in [3.05, 3.63) is 0 Å². The molecule has 1 fully saturated rings. The zero-order valence-corrected chi connectivity index (χ0v) is 7.23. The largest absolute Gasteiger partial charge is 0.445 e. The maximum Gasteiger partial charge on any atom is 0.407 e. The molecule has 0 radical (unpaired) electrons. The maximum absolute atomic E-state index is 10.9. The van der Waals surface area contributed by atoms with E-state index in [0.717, 1.165) is 12.8 Å². The van der Waals surface area contributed by atoms with E-state index >= 15 is 0 Å². The van der Waals surface area contributed by atoms with E-state index in [4.69, 9.17) is 16.3 Å². The van der Waals surface area contributed by atoms with E-state index in [1.54, 1.807) is 6.92 Å². The van der Waals surface area contributed by atoms with Gasteiger partial charge in [0, 0.05) is 6.04 Å². The normalized spacial score (nSPS) is 19.1. The Kier molecular flexibility index (Phi) is 3.00. The molecule has 1 saturated carbocycles. The summed E-state index contributed by atoms with van der Waals surface area (Å²) in [6.45, 7) is 1.76. The van der Waals surface area contributed by atoms with E-state index in [0.29, 0.717) is 11.9 Å². The van der Waals surface area contributed by atoms with Crippen LogP contribution in [0.1, 0.15) is 19.8 Å². The minimum Gasteiger partial charge on any atom is -0.445 e. The fourth-order valence-corrected chi connectivity index (χ4v) is 0.706. The molecule has 11 heavy (non-hydrogen) atoms. The molecule has 0 spiro atoms. The number of carbonyl (C=O) groups excluding carboxylic acids is 1. The quantitative estimate of drug-likeness (QED) is 0.664. The third-order valence-electron chi connectivity index (χ3n) is 1.42. The highest BCUT2D eigenvalue weighted by Gasteiger charge is 2.24. The number of hydrogen-bond acceptors (Lipinski definition) is 2. The van der Waals surface area contributed by atoms with Crippen LogP contribution in [0.15, 0.2) is 0 Å². The average molecular weight is 178 g/mol. The lowest BCUT2D eigenvalue weighted by molar-refractivity contribution is 0.116. The van der Waals surface area contributed by atoms with Crippen LogP contribution < -0.4 is 5.32 Å². The first-order chi connectivity index (χ1) is 5.22. The Labute approximate surface area is 71.1 Å². The van der Waals surface area contributed by atoms with Crippen molar-refractivity contribution in [1.82, 2.24) is 5.32 Å². The van der Waals surface area contributed by atoms with E-state index in [9.17, 15) is 4.79 Å². The summed E-state index contributed by atoms with van der Waals surface area (Å²) in [6, 6.07) is 0.352. The fraction of sp³-hybridized carbons (Fsp3) is 0.857. The van der Waals surface area contributed by atoms with Crippen molar-refractivity contribution in [2.45, 2.75) is 31.9 Å². The highest BCUT2D eigenvalue weighted by molar-refractivity contribution is 6.18. The molecular formula is C7H12ClNO2. The number of amides is 1. The number of halogens is 1. The monoisotopic (exact) mass is 177 g/mol. The summed E-state index contributed by atoms with van der Waals surface area (Å²) in [5, 5.41) is 2.70. The van der Waals surface area contributed by atoms with Crippen LogP contribution >= 0.6 is 11.6 Å². The lowest BCUT2D eigenvalue weighted by Crippen LogP contribution is -2.29. The molecule has 0 saturated heterocycles. The van der Waals surface area contributed by atoms with Crippen molar-refractivity contribution in [2.24, 2.45) is 0 Å². The smallest absolute Gasteiger partial charge is 0.407 e. The van der Waals surface area contributed by atoms with Gasteiger partial charge in [-0.1, -0.05) is 0 Å². The van der Waals surface area contributed by atoms with Gasteiger partial charge < -0.3 is 10.1 Å². The Morgan fingerprint density at radius 1 is 1.82 bits per heavy atom. The molecule has 3 nitrogen and oxygen atoms in total. The summed E-state index contributed by atoms with van der Waals surface area (Å²) in [5.74, 6) is 0.345. The van der Waals surface area contributed by atoms with Gasteiger partial charge in [-0.2, -0.15) is 0 Å². The summed E-state index contributed by atoms with van der Waals surface area (Å²) < 4.78 is 4.87. The second kappa shape index (κ2) is 3.81. The number of alkyl halides is 1. The zero-order chi connectivity index (χ0) is 8.27. The van der Waals surface area contributed by atoms with E-state index in [1.165, 1.54) is 0 Å². The molecule has 0 aromatic heterocycles. The molecule has 0 bridgehead atoms. The molecule has 1 amide bonds. The summed E-state index contributed by atoms with van der Waals surface area (Å²) in [6.07, 6.45) is 1.60. The molecule has 1 aliphatic rings. The molecule has 0 heterocycles. The molecule has 1 N–H and O–H groups in total. The second-order valence-electron chi connectivity index (χ2n) is 2.79. The summed E-state index contributed by atoms with van der Waals surface area (Å²) in [4.78, 5) is 10.9. The van der Waals surface area contributed by atoms with Crippen molar-refractivity contribution in [3.8, 4) is 0 Å². The molecule has 1 aliphatic carbocycles. The van der Waals surface area contributed by atoms with Gasteiger partial charge in [0.2, 0.25) is 0 Å². The van der Waals surface area contributed by atoms with Crippen LogP contribution in [0.3, 0.4) is 0 Å². The van der Waals surface area contributed by atoms with Crippen molar-refractivity contribution in [1.29, 1.82) is 0 Å². The maximum atomic E-state index is 10.9. The second-order valence-corrected chi connectivity index (χ2v) is 3.10. The molecule has 0 aromatic rings. The van der Waals surface area contributed by atoms with Crippen molar-refractivity contribution < 1.29 is 9.53 Å². The van der Waals surface area contributed by atoms with E-state index in [1.807, 2.05) is 0 Å². The first kappa shape index (κ1) is 8.65. The molecule has 1 rings (SSSR count). The molecule has 0 aromatic carbocycles. The predicted molar refractivity (Wildman–Crippen MR) is 42.8 cm³/mol. The highest BCUT2D eigenvalue weighted by Crippen LogP contribution is 2.18. The van der Waals surface area contributed by atoms with Crippen molar-refractivity contribution in [2.75, 3.05) is 5.88 Å². The summed E-state index contributed by atoms with van der Waals surface area (Å²) in [5.41, 5.74) is 0. The van der Waals surface area contributed by atoms with Gasteiger partial charge in [-0.25, -0.2) is 4.79 Å². The standard InChI is InChI=1S/C7H12ClNO2/c1-5(4-8)11-7(10)9-6-2-3-6/h5-6H,2-4H2,1H3,(H,9,10). The van der Waals surface area contributed by atoms with Gasteiger partial charge >= 0.3 is 6.09 Å². The molecular weight excluding hydrogens is 166 g/mol. The lowest BCUT2D eigenvalue weighted by Gasteiger charge is -2.09. The van der Waals surface area contributed by atoms with E-state index in [-0.39, 0.29) is 12.2 Å². The van der Waals surface area contributed by atoms with E-state index < -0.39 is 0 Å². The van der Waals surface area contributed by atoms with Crippen LogP contribution in [0.5, 0.6) is 0 Å². The topological polar surface area (TPSA) is 38.3 Å². The van der Waals surface area contributed by atoms with Crippen LogP contribution in [0.25, 0.3) is 0 Å². The van der Waals surface area contributed by atoms with Crippen molar-refractivity contribution >= 4 is 17.7 Å². The molecule has 1 atom stereocenters. The third-order valence-corrected chi connectivity index (χ3v) is 1.86. The number of carbonyl (C=O) groups is 1. The van der Waals surface area contributed by atoms with Gasteiger partial charge in [-0.05, 0) is 19.8 Å². The Bertz CT molecular complexity index is 147. The molecule has 1 unspecified atom stereocenters. The van der Waals surface area contributed by atoms with Crippen LogP contribution in [-0.2, 0) is 4.74 Å². The van der Waals surface area contributed by atoms with Gasteiger partial charge in [0.15, 0.2) is 0 Å². The van der Waals surface area contributed by atoms with Crippen LogP contribution in [0.4, 0.5) is 4.79 Å². The van der Waals surface area contributed by atoms with Gasteiger partial charge in [-0.3, -0.25) is 0 Å². The Morgan fingerprint density at radius 3 is 2.91 bits per heavy atom. The summed E-state index contributed by atoms with van der Waals surface area (Å²) in [7, 11) is 0. The first-order valence-electron chi connectivity index (χ1n) is 3.75. The molecule has 4 heteroatoms. The molecule has 0 aliphatic heterocycles. The number of nitrogens with one attached hydrogen (secondary N) is 1. The number of rotatable bonds is 3. The Balaban J connectivity index is 2.08. The van der Waals surface area contributed by atoms with Crippen LogP contribution in [-0.4, -0.2) is 24.1 Å². The van der Waals surface area contributed by atoms with Gasteiger partial charge in [0.1, 0.15) is 6.10 Å². The van der Waals surface area contributed by atoms with E-state index in [2.05, 4.69) is 5.32 Å². The average Bonchev–Trinajstić information content (AvgIpc) is 2.71. The fourth-order valence-electron chi connectivity index (χ4n) is 0.643. The minimum atomic E-state index is -0.347. The first-order valence-corrected chi connectivity index (χ1v) is 4.29. The van der Waals surface area contributed by atoms with Gasteiger partial charge in [-0.15, -0.1) is 11.6 Å². The van der Waals surface area contributed by atoms with Gasteiger partial charge in [0.05, 0.1) is 5.88 Å². The SMILES string of the molecule is CC(CCl)OC(=O)NC1CC1. The predicted octanol–water partition coefficient (Wildman–Crippen LogP) is 1.50. The minimum absolute atomic E-state index is 0.199. The Morgan fingerprint density at radius 2 is 2.45 bits per heavy atom. The number of ether oxygens (including phenoxy) is 1. The number of alkyl carbamates (subject to hydrolysis) is 1. The Hall–Kier alpha value is -0.440. The third kappa shape index (κ3) is 3.46. The van der Waals surface area contributed by atoms with Crippen LogP contribution in [0, 0.1) is 0 Å². The number of hydrogen-bond donors (Lipinski definition) is 1.